The molecule has 2 heterocycles. The van der Waals surface area contributed by atoms with Gasteiger partial charge in [0.15, 0.2) is 11.5 Å². The van der Waals surface area contributed by atoms with Gasteiger partial charge in [0.1, 0.15) is 11.7 Å². The molecule has 1 aromatic carbocycles. The Labute approximate surface area is 178 Å². The fourth-order valence-corrected chi connectivity index (χ4v) is 8.76. The summed E-state index contributed by atoms with van der Waals surface area (Å²) in [6, 6.07) is 4.29. The number of rotatable bonds is 4. The van der Waals surface area contributed by atoms with Gasteiger partial charge in [0, 0.05) is 42.0 Å². The number of nitrogens with zero attached hydrogens (tertiary/aromatic N) is 1. The van der Waals surface area contributed by atoms with Gasteiger partial charge in [-0.25, -0.2) is 0 Å². The van der Waals surface area contributed by atoms with Gasteiger partial charge in [0.2, 0.25) is 0 Å². The summed E-state index contributed by atoms with van der Waals surface area (Å²) in [6.45, 7) is 9.76. The van der Waals surface area contributed by atoms with Crippen LogP contribution in [0, 0.1) is 11.3 Å². The molecule has 7 rings (SSSR count). The highest BCUT2D eigenvalue weighted by Gasteiger charge is 2.81. The van der Waals surface area contributed by atoms with E-state index in [1.807, 2.05) is 19.9 Å². The Morgan fingerprint density at radius 1 is 1.33 bits per heavy atom. The number of hydrogen-bond donors (Lipinski definition) is 2. The number of phenols is 1. The summed E-state index contributed by atoms with van der Waals surface area (Å²) in [7, 11) is 1.79. The predicted octanol–water partition coefficient (Wildman–Crippen LogP) is 3.16. The summed E-state index contributed by atoms with van der Waals surface area (Å²) in [4.78, 5) is 2.61. The van der Waals surface area contributed by atoms with E-state index in [1.165, 1.54) is 11.1 Å². The lowest BCUT2D eigenvalue weighted by molar-refractivity contribution is -0.299. The van der Waals surface area contributed by atoms with Gasteiger partial charge in [-0.1, -0.05) is 12.1 Å². The summed E-state index contributed by atoms with van der Waals surface area (Å²) in [5, 5.41) is 22.1. The third-order valence-electron chi connectivity index (χ3n) is 9.69. The van der Waals surface area contributed by atoms with E-state index < -0.39 is 11.2 Å². The van der Waals surface area contributed by atoms with Crippen molar-refractivity contribution in [2.24, 2.45) is 11.3 Å². The number of likely N-dealkylation sites (tertiary alicyclic amines) is 1. The normalized spacial score (nSPS) is 43.3. The van der Waals surface area contributed by atoms with Crippen LogP contribution in [0.25, 0.3) is 0 Å². The monoisotopic (exact) mass is 411 g/mol. The molecule has 4 bridgehead atoms. The number of hydrogen-bond acceptors (Lipinski definition) is 5. The number of benzene rings is 1. The van der Waals surface area contributed by atoms with Crippen LogP contribution in [0.5, 0.6) is 11.5 Å². The molecule has 0 aromatic heterocycles. The van der Waals surface area contributed by atoms with Crippen LogP contribution in [0.2, 0.25) is 0 Å². The molecule has 162 valence electrons. The molecule has 0 radical (unpaired) electrons. The Hall–Kier alpha value is -1.56. The van der Waals surface area contributed by atoms with E-state index in [0.717, 1.165) is 45.2 Å². The number of ether oxygens (including phenoxy) is 2. The summed E-state index contributed by atoms with van der Waals surface area (Å²) >= 11 is 0. The van der Waals surface area contributed by atoms with E-state index in [0.29, 0.717) is 11.8 Å². The quantitative estimate of drug-likeness (QED) is 0.746. The Bertz CT molecular complexity index is 938. The zero-order valence-electron chi connectivity index (χ0n) is 18.3. The van der Waals surface area contributed by atoms with Crippen molar-refractivity contribution in [3.63, 3.8) is 0 Å². The third kappa shape index (κ3) is 1.84. The van der Waals surface area contributed by atoms with Crippen molar-refractivity contribution in [2.75, 3.05) is 20.2 Å². The fraction of sp³-hybridized carbons (Fsp3) is 0.680. The first-order valence-corrected chi connectivity index (χ1v) is 11.4. The average Bonchev–Trinajstić information content (AvgIpc) is 3.08. The van der Waals surface area contributed by atoms with Crippen molar-refractivity contribution in [1.82, 2.24) is 4.90 Å². The maximum atomic E-state index is 11.3. The van der Waals surface area contributed by atoms with Gasteiger partial charge in [-0.2, -0.15) is 0 Å². The molecule has 5 nitrogen and oxygen atoms in total. The lowest BCUT2D eigenvalue weighted by Crippen LogP contribution is -2.82. The third-order valence-corrected chi connectivity index (χ3v) is 9.69. The molecule has 4 aliphatic carbocycles. The topological polar surface area (TPSA) is 62.2 Å². The standard InChI is InChI=1S/C25H33NO4/c1-5-11-26-12-10-24-19-15-6-7-16(27)20(19)30-21(24)25(29-4)9-8-23(24,18(26)13-15)14-17(25)22(2,3)28/h5-7,17-18,21,27-28H,1,8-14H2,2-4H3/t17-,18-,21-,23-,24+,25-/m1/s1. The van der Waals surface area contributed by atoms with Crippen molar-refractivity contribution < 1.29 is 19.7 Å². The zero-order chi connectivity index (χ0) is 21.1. The molecule has 6 aliphatic rings. The van der Waals surface area contributed by atoms with Gasteiger partial charge < -0.3 is 19.7 Å². The first-order valence-electron chi connectivity index (χ1n) is 11.4. The van der Waals surface area contributed by atoms with Gasteiger partial charge in [0.05, 0.1) is 5.60 Å². The van der Waals surface area contributed by atoms with Gasteiger partial charge in [0.25, 0.3) is 0 Å². The molecule has 30 heavy (non-hydrogen) atoms. The van der Waals surface area contributed by atoms with Crippen LogP contribution in [-0.2, 0) is 16.6 Å². The molecule has 2 aliphatic heterocycles. The van der Waals surface area contributed by atoms with Crippen molar-refractivity contribution >= 4 is 0 Å². The van der Waals surface area contributed by atoms with Crippen LogP contribution in [0.4, 0.5) is 0 Å². The second kappa shape index (κ2) is 5.62. The van der Waals surface area contributed by atoms with E-state index in [-0.39, 0.29) is 28.6 Å². The minimum atomic E-state index is -0.872. The van der Waals surface area contributed by atoms with Gasteiger partial charge in [-0.05, 0) is 64.1 Å². The number of phenolic OH excluding ortho intramolecular Hbond substituents is 1. The summed E-state index contributed by atoms with van der Waals surface area (Å²) in [6.07, 6.45) is 6.68. The number of aromatic hydroxyl groups is 1. The van der Waals surface area contributed by atoms with Crippen LogP contribution >= 0.6 is 0 Å². The molecule has 6 atom stereocenters. The van der Waals surface area contributed by atoms with Crippen molar-refractivity contribution in [1.29, 1.82) is 0 Å². The summed E-state index contributed by atoms with van der Waals surface area (Å²) < 4.78 is 13.1. The minimum absolute atomic E-state index is 0.00984. The molecule has 2 N–H and O–H groups in total. The minimum Gasteiger partial charge on any atom is -0.504 e. The second-order valence-corrected chi connectivity index (χ2v) is 10.9. The highest BCUT2D eigenvalue weighted by molar-refractivity contribution is 5.63. The summed E-state index contributed by atoms with van der Waals surface area (Å²) in [5.74, 6) is 0.897. The van der Waals surface area contributed by atoms with Gasteiger partial charge in [-0.15, -0.1) is 6.58 Å². The number of fused-ring (bicyclic) bond motifs is 2. The number of piperidine rings is 1. The maximum absolute atomic E-state index is 11.3. The molecular weight excluding hydrogens is 378 g/mol. The summed E-state index contributed by atoms with van der Waals surface area (Å²) in [5.41, 5.74) is 0.989. The Morgan fingerprint density at radius 3 is 2.83 bits per heavy atom. The van der Waals surface area contributed by atoms with Crippen LogP contribution < -0.4 is 4.74 Å². The lowest BCUT2D eigenvalue weighted by Gasteiger charge is -2.74. The van der Waals surface area contributed by atoms with Crippen LogP contribution in [0.3, 0.4) is 0 Å². The number of aliphatic hydroxyl groups is 1. The van der Waals surface area contributed by atoms with Crippen LogP contribution in [0.15, 0.2) is 24.8 Å². The molecule has 1 aromatic rings. The molecule has 3 saturated carbocycles. The molecular formula is C25H33NO4. The Balaban J connectivity index is 1.66. The molecule has 2 spiro atoms. The van der Waals surface area contributed by atoms with Crippen molar-refractivity contribution in [3.05, 3.63) is 35.9 Å². The van der Waals surface area contributed by atoms with E-state index in [2.05, 4.69) is 17.5 Å². The lowest BCUT2D eigenvalue weighted by atomic mass is 9.34. The van der Waals surface area contributed by atoms with Gasteiger partial charge >= 0.3 is 0 Å². The largest absolute Gasteiger partial charge is 0.504 e. The van der Waals surface area contributed by atoms with E-state index in [9.17, 15) is 10.2 Å². The predicted molar refractivity (Wildman–Crippen MR) is 114 cm³/mol. The zero-order valence-corrected chi connectivity index (χ0v) is 18.3. The Morgan fingerprint density at radius 2 is 2.13 bits per heavy atom. The van der Waals surface area contributed by atoms with Crippen LogP contribution in [0.1, 0.15) is 50.7 Å². The SMILES string of the molecule is C=CCN1CC[C@]23c4c5ccc(O)c4O[C@H]2[C@@]2(OC)CC[C@@]3(C[C@@H]2C(C)(C)O)[C@H]1C5. The first-order chi connectivity index (χ1) is 14.2. The molecule has 4 fully saturated rings. The van der Waals surface area contributed by atoms with Gasteiger partial charge in [-0.3, -0.25) is 4.90 Å². The Kier molecular flexibility index (Phi) is 3.59. The van der Waals surface area contributed by atoms with Crippen LogP contribution in [-0.4, -0.2) is 58.7 Å². The smallest absolute Gasteiger partial charge is 0.165 e. The van der Waals surface area contributed by atoms with E-state index >= 15 is 0 Å². The van der Waals surface area contributed by atoms with Crippen molar-refractivity contribution in [2.45, 2.75) is 74.7 Å². The average molecular weight is 412 g/mol. The fourth-order valence-electron chi connectivity index (χ4n) is 8.76. The highest BCUT2D eigenvalue weighted by Crippen LogP contribution is 2.77. The molecule has 0 amide bonds. The second-order valence-electron chi connectivity index (χ2n) is 10.9. The van der Waals surface area contributed by atoms with E-state index in [4.69, 9.17) is 9.47 Å². The van der Waals surface area contributed by atoms with E-state index in [1.54, 1.807) is 13.2 Å². The number of methoxy groups -OCH3 is 1. The first kappa shape index (κ1) is 19.1. The molecule has 5 heteroatoms. The highest BCUT2D eigenvalue weighted by atomic mass is 16.6. The maximum Gasteiger partial charge on any atom is 0.165 e. The molecule has 1 saturated heterocycles. The van der Waals surface area contributed by atoms with Crippen molar-refractivity contribution in [3.8, 4) is 11.5 Å². The molecule has 0 unspecified atom stereocenters.